The second-order valence-corrected chi connectivity index (χ2v) is 6.07. The minimum atomic E-state index is -0.552. The molecule has 5 heteroatoms. The second-order valence-electron chi connectivity index (χ2n) is 6.07. The quantitative estimate of drug-likeness (QED) is 0.863. The number of hydrogen-bond donors (Lipinski definition) is 0. The van der Waals surface area contributed by atoms with Gasteiger partial charge in [0, 0.05) is 11.5 Å². The Morgan fingerprint density at radius 3 is 2.41 bits per heavy atom. The number of ether oxygens (including phenoxy) is 1. The van der Waals surface area contributed by atoms with Gasteiger partial charge in [0.15, 0.2) is 5.75 Å². The molecule has 116 valence electrons. The number of nitrogens with zero attached hydrogens (tertiary/aromatic N) is 2. The highest BCUT2D eigenvalue weighted by Crippen LogP contribution is 2.54. The molecule has 0 spiro atoms. The molecule has 22 heavy (non-hydrogen) atoms. The number of halogens is 2. The lowest BCUT2D eigenvalue weighted by Gasteiger charge is -2.19. The Morgan fingerprint density at radius 1 is 1.23 bits per heavy atom. The van der Waals surface area contributed by atoms with Crippen LogP contribution in [0.2, 0.25) is 0 Å². The van der Waals surface area contributed by atoms with Crippen molar-refractivity contribution in [2.45, 2.75) is 32.6 Å². The summed E-state index contributed by atoms with van der Waals surface area (Å²) in [5.41, 5.74) is 1.09. The van der Waals surface area contributed by atoms with E-state index in [0.717, 1.165) is 18.2 Å². The Labute approximate surface area is 128 Å². The van der Waals surface area contributed by atoms with Crippen molar-refractivity contribution in [3.05, 3.63) is 53.1 Å². The molecule has 1 unspecified atom stereocenters. The Hall–Kier alpha value is -2.04. The minimum Gasteiger partial charge on any atom is -0.489 e. The van der Waals surface area contributed by atoms with Gasteiger partial charge in [-0.05, 0) is 43.9 Å². The summed E-state index contributed by atoms with van der Waals surface area (Å²) < 4.78 is 32.8. The van der Waals surface area contributed by atoms with E-state index in [1.807, 2.05) is 13.8 Å². The molecule has 1 aliphatic carbocycles. The minimum absolute atomic E-state index is 0.320. The van der Waals surface area contributed by atoms with Crippen molar-refractivity contribution < 1.29 is 13.5 Å². The molecule has 1 saturated carbocycles. The molecule has 1 heterocycles. The standard InChI is InChI=1S/C17H18F2N2O/c1-10-7-17(10,13-4-14(18)6-15(19)5-13)9-22-16-8-20-12(3)21-11(16)2/h4-6,8,10H,7,9H2,1-3H3/t10?,17-/m0/s1. The highest BCUT2D eigenvalue weighted by Gasteiger charge is 2.53. The molecule has 0 amide bonds. The van der Waals surface area contributed by atoms with E-state index in [2.05, 4.69) is 16.9 Å². The van der Waals surface area contributed by atoms with Crippen LogP contribution in [0.3, 0.4) is 0 Å². The largest absolute Gasteiger partial charge is 0.489 e. The monoisotopic (exact) mass is 304 g/mol. The first-order chi connectivity index (χ1) is 10.4. The molecular formula is C17H18F2N2O. The molecule has 3 rings (SSSR count). The van der Waals surface area contributed by atoms with Crippen LogP contribution in [0.25, 0.3) is 0 Å². The van der Waals surface area contributed by atoms with Crippen LogP contribution in [0.5, 0.6) is 5.75 Å². The first-order valence-corrected chi connectivity index (χ1v) is 7.30. The summed E-state index contributed by atoms with van der Waals surface area (Å²) in [6, 6.07) is 3.69. The van der Waals surface area contributed by atoms with E-state index in [-0.39, 0.29) is 5.41 Å². The summed E-state index contributed by atoms with van der Waals surface area (Å²) in [4.78, 5) is 8.38. The topological polar surface area (TPSA) is 35.0 Å². The van der Waals surface area contributed by atoms with Crippen molar-refractivity contribution in [3.8, 4) is 5.75 Å². The zero-order valence-electron chi connectivity index (χ0n) is 12.9. The van der Waals surface area contributed by atoms with Gasteiger partial charge in [0.25, 0.3) is 0 Å². The van der Waals surface area contributed by atoms with Gasteiger partial charge in [-0.25, -0.2) is 18.7 Å². The molecule has 0 saturated heterocycles. The summed E-state index contributed by atoms with van der Waals surface area (Å²) in [7, 11) is 0. The zero-order chi connectivity index (χ0) is 15.9. The summed E-state index contributed by atoms with van der Waals surface area (Å²) in [5.74, 6) is 0.513. The van der Waals surface area contributed by atoms with Gasteiger partial charge in [0.1, 0.15) is 17.5 Å². The van der Waals surface area contributed by atoms with E-state index in [1.165, 1.54) is 12.1 Å². The zero-order valence-corrected chi connectivity index (χ0v) is 12.9. The van der Waals surface area contributed by atoms with Crippen molar-refractivity contribution in [2.75, 3.05) is 6.61 Å². The van der Waals surface area contributed by atoms with Gasteiger partial charge in [-0.3, -0.25) is 0 Å². The predicted molar refractivity (Wildman–Crippen MR) is 78.8 cm³/mol. The number of hydrogen-bond acceptors (Lipinski definition) is 3. The average molecular weight is 304 g/mol. The highest BCUT2D eigenvalue weighted by molar-refractivity contribution is 5.35. The van der Waals surface area contributed by atoms with Crippen molar-refractivity contribution in [1.29, 1.82) is 0 Å². The summed E-state index contributed by atoms with van der Waals surface area (Å²) in [5, 5.41) is 0. The Morgan fingerprint density at radius 2 is 1.86 bits per heavy atom. The van der Waals surface area contributed by atoms with Gasteiger partial charge in [0.05, 0.1) is 18.5 Å². The fraction of sp³-hybridized carbons (Fsp3) is 0.412. The first kappa shape index (κ1) is 14.9. The predicted octanol–water partition coefficient (Wildman–Crippen LogP) is 3.73. The normalized spacial score (nSPS) is 23.4. The van der Waals surface area contributed by atoms with E-state index in [9.17, 15) is 8.78 Å². The molecule has 3 nitrogen and oxygen atoms in total. The lowest BCUT2D eigenvalue weighted by atomic mass is 9.94. The van der Waals surface area contributed by atoms with Crippen LogP contribution < -0.4 is 4.74 Å². The third kappa shape index (κ3) is 2.67. The van der Waals surface area contributed by atoms with Crippen LogP contribution in [-0.2, 0) is 5.41 Å². The number of aromatic nitrogens is 2. The Balaban J connectivity index is 1.83. The molecule has 1 aromatic carbocycles. The molecule has 0 radical (unpaired) electrons. The Bertz CT molecular complexity index is 700. The molecule has 0 N–H and O–H groups in total. The number of aryl methyl sites for hydroxylation is 2. The molecule has 0 bridgehead atoms. The molecular weight excluding hydrogens is 286 g/mol. The van der Waals surface area contributed by atoms with Gasteiger partial charge in [-0.2, -0.15) is 0 Å². The SMILES string of the molecule is Cc1ncc(OC[C@@]2(c3cc(F)cc(F)c3)CC2C)c(C)n1. The maximum Gasteiger partial charge on any atom is 0.158 e. The molecule has 2 aromatic rings. The summed E-state index contributed by atoms with van der Waals surface area (Å²) in [6.07, 6.45) is 2.49. The highest BCUT2D eigenvalue weighted by atomic mass is 19.1. The van der Waals surface area contributed by atoms with Crippen LogP contribution in [0.4, 0.5) is 8.78 Å². The van der Waals surface area contributed by atoms with Crippen LogP contribution in [-0.4, -0.2) is 16.6 Å². The van der Waals surface area contributed by atoms with Crippen LogP contribution in [0, 0.1) is 31.4 Å². The number of rotatable bonds is 4. The van der Waals surface area contributed by atoms with Gasteiger partial charge < -0.3 is 4.74 Å². The smallest absolute Gasteiger partial charge is 0.158 e. The lowest BCUT2D eigenvalue weighted by Crippen LogP contribution is -2.21. The van der Waals surface area contributed by atoms with Crippen LogP contribution >= 0.6 is 0 Å². The third-order valence-electron chi connectivity index (χ3n) is 4.43. The summed E-state index contributed by atoms with van der Waals surface area (Å²) >= 11 is 0. The molecule has 1 fully saturated rings. The fourth-order valence-corrected chi connectivity index (χ4v) is 2.94. The number of benzene rings is 1. The van der Waals surface area contributed by atoms with Gasteiger partial charge >= 0.3 is 0 Å². The van der Waals surface area contributed by atoms with Crippen LogP contribution in [0.1, 0.15) is 30.4 Å². The van der Waals surface area contributed by atoms with Crippen molar-refractivity contribution in [2.24, 2.45) is 5.92 Å². The van der Waals surface area contributed by atoms with E-state index in [4.69, 9.17) is 4.74 Å². The lowest BCUT2D eigenvalue weighted by molar-refractivity contribution is 0.265. The van der Waals surface area contributed by atoms with Gasteiger partial charge in [-0.1, -0.05) is 6.92 Å². The molecule has 1 aliphatic rings. The van der Waals surface area contributed by atoms with Gasteiger partial charge in [0.2, 0.25) is 0 Å². The van der Waals surface area contributed by atoms with E-state index < -0.39 is 11.6 Å². The van der Waals surface area contributed by atoms with Gasteiger partial charge in [-0.15, -0.1) is 0 Å². The summed E-state index contributed by atoms with van der Waals surface area (Å²) in [6.45, 7) is 6.10. The first-order valence-electron chi connectivity index (χ1n) is 7.30. The van der Waals surface area contributed by atoms with E-state index >= 15 is 0 Å². The molecule has 2 atom stereocenters. The average Bonchev–Trinajstić information content (AvgIpc) is 3.08. The fourth-order valence-electron chi connectivity index (χ4n) is 2.94. The van der Waals surface area contributed by atoms with Crippen LogP contribution in [0.15, 0.2) is 24.4 Å². The molecule has 1 aromatic heterocycles. The Kier molecular flexibility index (Phi) is 3.59. The van der Waals surface area contributed by atoms with Crippen molar-refractivity contribution >= 4 is 0 Å². The maximum atomic E-state index is 13.5. The third-order valence-corrected chi connectivity index (χ3v) is 4.43. The van der Waals surface area contributed by atoms with E-state index in [0.29, 0.717) is 29.7 Å². The maximum absolute atomic E-state index is 13.5. The molecule has 0 aliphatic heterocycles. The second kappa shape index (κ2) is 5.30. The van der Waals surface area contributed by atoms with Crippen molar-refractivity contribution in [1.82, 2.24) is 9.97 Å². The van der Waals surface area contributed by atoms with Crippen molar-refractivity contribution in [3.63, 3.8) is 0 Å². The van der Waals surface area contributed by atoms with E-state index in [1.54, 1.807) is 6.20 Å².